The Hall–Kier alpha value is -1.07. The fourth-order valence-electron chi connectivity index (χ4n) is 2.14. The fraction of sp³-hybridized carbons (Fsp3) is 0.462. The van der Waals surface area contributed by atoms with E-state index in [0.717, 1.165) is 11.0 Å². The molecule has 0 radical (unpaired) electrons. The van der Waals surface area contributed by atoms with Crippen LogP contribution in [0.4, 0.5) is 0 Å². The zero-order valence-electron chi connectivity index (χ0n) is 10.5. The summed E-state index contributed by atoms with van der Waals surface area (Å²) in [4.78, 5) is 14.3. The second kappa shape index (κ2) is 5.28. The molecular formula is C13H17BrN2O2. The molecule has 1 heterocycles. The first kappa shape index (κ1) is 13.4. The van der Waals surface area contributed by atoms with Gasteiger partial charge in [0.25, 0.3) is 5.91 Å². The Kier molecular flexibility index (Phi) is 3.92. The SMILES string of the molecule is CC1CN(C(=O)c2cc(Br)ccc2O)C(C)CN1. The van der Waals surface area contributed by atoms with Crippen molar-refractivity contribution in [1.82, 2.24) is 10.2 Å². The second-order valence-electron chi connectivity index (χ2n) is 4.78. The molecule has 98 valence electrons. The third-order valence-corrected chi connectivity index (χ3v) is 3.71. The molecule has 1 amide bonds. The molecule has 1 aromatic rings. The zero-order valence-corrected chi connectivity index (χ0v) is 12.1. The van der Waals surface area contributed by atoms with E-state index in [1.807, 2.05) is 18.7 Å². The normalized spacial score (nSPS) is 24.1. The molecule has 2 rings (SSSR count). The Bertz CT molecular complexity index is 464. The molecule has 0 spiro atoms. The van der Waals surface area contributed by atoms with Crippen molar-refractivity contribution in [1.29, 1.82) is 0 Å². The molecule has 0 aromatic heterocycles. The van der Waals surface area contributed by atoms with E-state index in [-0.39, 0.29) is 23.7 Å². The highest BCUT2D eigenvalue weighted by Gasteiger charge is 2.28. The molecule has 5 heteroatoms. The van der Waals surface area contributed by atoms with Gasteiger partial charge in [0.2, 0.25) is 0 Å². The van der Waals surface area contributed by atoms with Crippen LogP contribution < -0.4 is 5.32 Å². The first-order valence-corrected chi connectivity index (χ1v) is 6.81. The van der Waals surface area contributed by atoms with Gasteiger partial charge in [-0.2, -0.15) is 0 Å². The molecule has 1 aliphatic heterocycles. The predicted octanol–water partition coefficient (Wildman–Crippen LogP) is 1.98. The van der Waals surface area contributed by atoms with Gasteiger partial charge in [0, 0.05) is 29.6 Å². The Labute approximate surface area is 115 Å². The number of hydrogen-bond donors (Lipinski definition) is 2. The quantitative estimate of drug-likeness (QED) is 0.833. The molecular weight excluding hydrogens is 296 g/mol. The number of phenolic OH excluding ortho intramolecular Hbond substituents is 1. The minimum Gasteiger partial charge on any atom is -0.507 e. The summed E-state index contributed by atoms with van der Waals surface area (Å²) in [5.41, 5.74) is 0.352. The van der Waals surface area contributed by atoms with Gasteiger partial charge < -0.3 is 15.3 Å². The lowest BCUT2D eigenvalue weighted by molar-refractivity contribution is 0.0613. The summed E-state index contributed by atoms with van der Waals surface area (Å²) in [5.74, 6) is -0.0868. The van der Waals surface area contributed by atoms with Gasteiger partial charge in [-0.05, 0) is 32.0 Å². The largest absolute Gasteiger partial charge is 0.507 e. The van der Waals surface area contributed by atoms with E-state index in [2.05, 4.69) is 21.2 Å². The summed E-state index contributed by atoms with van der Waals surface area (Å²) >= 11 is 3.32. The average Bonchev–Trinajstić information content (AvgIpc) is 2.34. The number of benzene rings is 1. The van der Waals surface area contributed by atoms with Gasteiger partial charge in [-0.15, -0.1) is 0 Å². The van der Waals surface area contributed by atoms with Crippen LogP contribution in [0, 0.1) is 0 Å². The smallest absolute Gasteiger partial charge is 0.257 e. The Balaban J connectivity index is 2.27. The maximum absolute atomic E-state index is 12.4. The van der Waals surface area contributed by atoms with E-state index in [0.29, 0.717) is 12.1 Å². The number of nitrogens with one attached hydrogen (secondary N) is 1. The Morgan fingerprint density at radius 2 is 2.22 bits per heavy atom. The minimum absolute atomic E-state index is 0.0292. The van der Waals surface area contributed by atoms with Crippen LogP contribution in [-0.2, 0) is 0 Å². The molecule has 1 aromatic carbocycles. The van der Waals surface area contributed by atoms with Crippen molar-refractivity contribution in [3.63, 3.8) is 0 Å². The number of hydrogen-bond acceptors (Lipinski definition) is 3. The van der Waals surface area contributed by atoms with Crippen LogP contribution in [0.5, 0.6) is 5.75 Å². The van der Waals surface area contributed by atoms with E-state index in [1.54, 1.807) is 12.1 Å². The molecule has 0 saturated carbocycles. The van der Waals surface area contributed by atoms with Crippen LogP contribution in [0.2, 0.25) is 0 Å². The summed E-state index contributed by atoms with van der Waals surface area (Å²) in [6.45, 7) is 5.49. The number of amides is 1. The van der Waals surface area contributed by atoms with Crippen LogP contribution in [0.25, 0.3) is 0 Å². The molecule has 2 N–H and O–H groups in total. The lowest BCUT2D eigenvalue weighted by atomic mass is 10.1. The van der Waals surface area contributed by atoms with Gasteiger partial charge in [-0.3, -0.25) is 4.79 Å². The van der Waals surface area contributed by atoms with E-state index in [9.17, 15) is 9.90 Å². The van der Waals surface area contributed by atoms with Gasteiger partial charge in [-0.1, -0.05) is 15.9 Å². The summed E-state index contributed by atoms with van der Waals surface area (Å²) in [7, 11) is 0. The van der Waals surface area contributed by atoms with Gasteiger partial charge >= 0.3 is 0 Å². The molecule has 2 atom stereocenters. The molecule has 1 aliphatic rings. The van der Waals surface area contributed by atoms with Crippen LogP contribution in [-0.4, -0.2) is 41.1 Å². The van der Waals surface area contributed by atoms with E-state index >= 15 is 0 Å². The highest BCUT2D eigenvalue weighted by atomic mass is 79.9. The summed E-state index contributed by atoms with van der Waals surface area (Å²) in [6.07, 6.45) is 0. The van der Waals surface area contributed by atoms with Crippen LogP contribution in [0.3, 0.4) is 0 Å². The summed E-state index contributed by atoms with van der Waals surface area (Å²) in [5, 5.41) is 13.1. The third-order valence-electron chi connectivity index (χ3n) is 3.21. The van der Waals surface area contributed by atoms with Crippen LogP contribution >= 0.6 is 15.9 Å². The first-order valence-electron chi connectivity index (χ1n) is 6.02. The summed E-state index contributed by atoms with van der Waals surface area (Å²) < 4.78 is 0.791. The van der Waals surface area contributed by atoms with Crippen molar-refractivity contribution in [2.24, 2.45) is 0 Å². The monoisotopic (exact) mass is 312 g/mol. The number of halogens is 1. The van der Waals surface area contributed by atoms with Crippen molar-refractivity contribution in [2.75, 3.05) is 13.1 Å². The van der Waals surface area contributed by atoms with E-state index < -0.39 is 0 Å². The van der Waals surface area contributed by atoms with E-state index in [4.69, 9.17) is 0 Å². The number of piperazine rings is 1. The summed E-state index contributed by atoms with van der Waals surface area (Å²) in [6, 6.07) is 5.33. The van der Waals surface area contributed by atoms with Gasteiger partial charge in [0.1, 0.15) is 5.75 Å². The zero-order chi connectivity index (χ0) is 13.3. The highest BCUT2D eigenvalue weighted by molar-refractivity contribution is 9.10. The lowest BCUT2D eigenvalue weighted by Gasteiger charge is -2.37. The van der Waals surface area contributed by atoms with Crippen molar-refractivity contribution < 1.29 is 9.90 Å². The Morgan fingerprint density at radius 1 is 1.50 bits per heavy atom. The predicted molar refractivity (Wildman–Crippen MR) is 73.8 cm³/mol. The van der Waals surface area contributed by atoms with Gasteiger partial charge in [0.15, 0.2) is 0 Å². The highest BCUT2D eigenvalue weighted by Crippen LogP contribution is 2.24. The first-order chi connectivity index (χ1) is 8.49. The molecule has 1 fully saturated rings. The lowest BCUT2D eigenvalue weighted by Crippen LogP contribution is -2.56. The maximum Gasteiger partial charge on any atom is 0.257 e. The molecule has 0 aliphatic carbocycles. The van der Waals surface area contributed by atoms with E-state index in [1.165, 1.54) is 6.07 Å². The molecule has 18 heavy (non-hydrogen) atoms. The average molecular weight is 313 g/mol. The molecule has 1 saturated heterocycles. The van der Waals surface area contributed by atoms with Crippen molar-refractivity contribution in [3.8, 4) is 5.75 Å². The van der Waals surface area contributed by atoms with Crippen molar-refractivity contribution >= 4 is 21.8 Å². The number of aromatic hydroxyl groups is 1. The van der Waals surface area contributed by atoms with Gasteiger partial charge in [-0.25, -0.2) is 0 Å². The number of rotatable bonds is 1. The van der Waals surface area contributed by atoms with Crippen molar-refractivity contribution in [3.05, 3.63) is 28.2 Å². The molecule has 0 bridgehead atoms. The number of nitrogens with zero attached hydrogens (tertiary/aromatic N) is 1. The third kappa shape index (κ3) is 2.67. The number of carbonyl (C=O) groups excluding carboxylic acids is 1. The molecule has 2 unspecified atom stereocenters. The maximum atomic E-state index is 12.4. The standard InChI is InChI=1S/C13H17BrN2O2/c1-8-7-16(9(2)6-15-8)13(18)11-5-10(14)3-4-12(11)17/h3-5,8-9,15,17H,6-7H2,1-2H3. The van der Waals surface area contributed by atoms with Crippen LogP contribution in [0.15, 0.2) is 22.7 Å². The topological polar surface area (TPSA) is 52.6 Å². The van der Waals surface area contributed by atoms with Crippen molar-refractivity contribution in [2.45, 2.75) is 25.9 Å². The number of phenols is 1. The Morgan fingerprint density at radius 3 is 2.94 bits per heavy atom. The fourth-order valence-corrected chi connectivity index (χ4v) is 2.50. The number of carbonyl (C=O) groups is 1. The minimum atomic E-state index is -0.116. The molecule has 4 nitrogen and oxygen atoms in total. The second-order valence-corrected chi connectivity index (χ2v) is 5.69. The van der Waals surface area contributed by atoms with Crippen LogP contribution in [0.1, 0.15) is 24.2 Å². The van der Waals surface area contributed by atoms with Gasteiger partial charge in [0.05, 0.1) is 5.56 Å².